The van der Waals surface area contributed by atoms with Crippen LogP contribution in [0.25, 0.3) is 0 Å². The van der Waals surface area contributed by atoms with E-state index in [1.54, 1.807) is 0 Å². The van der Waals surface area contributed by atoms with Gasteiger partial charge in [0.2, 0.25) is 0 Å². The first-order chi connectivity index (χ1) is 14.1. The number of aryl methyl sites for hydroxylation is 1. The van der Waals surface area contributed by atoms with Gasteiger partial charge in [0, 0.05) is 38.9 Å². The van der Waals surface area contributed by atoms with E-state index in [2.05, 4.69) is 63.6 Å². The van der Waals surface area contributed by atoms with Crippen LogP contribution < -0.4 is 15.4 Å². The maximum atomic E-state index is 5.97. The molecule has 0 saturated carbocycles. The fraction of sp³-hybridized carbons (Fsp3) is 0.478. The number of nitrogens with zero attached hydrogens (tertiary/aromatic N) is 3. The predicted molar refractivity (Wildman–Crippen MR) is 118 cm³/mol. The molecule has 156 valence electrons. The number of ether oxygens (including phenoxy) is 1. The lowest BCUT2D eigenvalue weighted by molar-refractivity contribution is 0.195. The van der Waals surface area contributed by atoms with Gasteiger partial charge in [-0.25, -0.2) is 0 Å². The lowest BCUT2D eigenvalue weighted by Crippen LogP contribution is -2.49. The molecule has 1 unspecified atom stereocenters. The summed E-state index contributed by atoms with van der Waals surface area (Å²) in [6, 6.07) is 14.7. The Hall–Kier alpha value is -2.60. The Balaban J connectivity index is 1.37. The zero-order valence-electron chi connectivity index (χ0n) is 17.8. The Labute approximate surface area is 174 Å². The predicted octanol–water partition coefficient (Wildman–Crippen LogP) is 2.99. The molecule has 3 rings (SSSR count). The van der Waals surface area contributed by atoms with Crippen molar-refractivity contribution >= 4 is 5.96 Å². The van der Waals surface area contributed by atoms with E-state index >= 15 is 0 Å². The normalized spacial score (nSPS) is 17.0. The zero-order chi connectivity index (χ0) is 20.5. The van der Waals surface area contributed by atoms with Crippen molar-refractivity contribution in [3.63, 3.8) is 0 Å². The average molecular weight is 396 g/mol. The average Bonchev–Trinajstić information content (AvgIpc) is 2.75. The van der Waals surface area contributed by atoms with Gasteiger partial charge in [0.15, 0.2) is 5.96 Å². The highest BCUT2D eigenvalue weighted by Gasteiger charge is 2.20. The molecule has 1 aromatic carbocycles. The third-order valence-electron chi connectivity index (χ3n) is 5.18. The monoisotopic (exact) mass is 395 g/mol. The summed E-state index contributed by atoms with van der Waals surface area (Å²) in [5.41, 5.74) is 2.37. The van der Waals surface area contributed by atoms with Crippen molar-refractivity contribution in [2.24, 2.45) is 4.99 Å². The second-order valence-electron chi connectivity index (χ2n) is 7.71. The number of nitrogens with one attached hydrogen (secondary N) is 2. The molecule has 2 aromatic rings. The van der Waals surface area contributed by atoms with Crippen LogP contribution in [0, 0.1) is 6.92 Å². The van der Waals surface area contributed by atoms with E-state index in [-0.39, 0.29) is 6.10 Å². The van der Waals surface area contributed by atoms with E-state index < -0.39 is 0 Å². The molecule has 1 atom stereocenters. The van der Waals surface area contributed by atoms with E-state index in [0.29, 0.717) is 12.6 Å². The Morgan fingerprint density at radius 2 is 1.97 bits per heavy atom. The zero-order valence-corrected chi connectivity index (χ0v) is 17.8. The van der Waals surface area contributed by atoms with Crippen molar-refractivity contribution in [1.82, 2.24) is 20.5 Å². The molecule has 2 heterocycles. The summed E-state index contributed by atoms with van der Waals surface area (Å²) in [6.07, 6.45) is 4.12. The summed E-state index contributed by atoms with van der Waals surface area (Å²) in [7, 11) is 1.82. The number of hydrogen-bond acceptors (Lipinski definition) is 4. The second-order valence-corrected chi connectivity index (χ2v) is 7.71. The highest BCUT2D eigenvalue weighted by atomic mass is 16.5. The van der Waals surface area contributed by atoms with Crippen LogP contribution >= 0.6 is 0 Å². The molecule has 1 saturated heterocycles. The van der Waals surface area contributed by atoms with Gasteiger partial charge in [-0.05, 0) is 51.0 Å². The Bertz CT molecular complexity index is 755. The highest BCUT2D eigenvalue weighted by Crippen LogP contribution is 2.14. The molecule has 6 nitrogen and oxygen atoms in total. The summed E-state index contributed by atoms with van der Waals surface area (Å²) in [4.78, 5) is 11.3. The lowest BCUT2D eigenvalue weighted by atomic mass is 10.0. The Morgan fingerprint density at radius 3 is 2.62 bits per heavy atom. The number of rotatable bonds is 7. The molecule has 0 radical (unpaired) electrons. The van der Waals surface area contributed by atoms with Crippen molar-refractivity contribution in [1.29, 1.82) is 0 Å². The summed E-state index contributed by atoms with van der Waals surface area (Å²) >= 11 is 0. The standard InChI is InChI=1S/C23H33N5O/c1-18-7-9-22(10-8-18)29-19(2)16-26-23(24-3)27-20-11-14-28(15-12-20)17-21-6-4-5-13-25-21/h4-10,13,19-20H,11-12,14-17H2,1-3H3,(H2,24,26,27). The third kappa shape index (κ3) is 7.06. The fourth-order valence-corrected chi connectivity index (χ4v) is 3.48. The smallest absolute Gasteiger partial charge is 0.191 e. The van der Waals surface area contributed by atoms with E-state index in [4.69, 9.17) is 4.74 Å². The van der Waals surface area contributed by atoms with Gasteiger partial charge in [0.25, 0.3) is 0 Å². The van der Waals surface area contributed by atoms with Crippen molar-refractivity contribution in [3.8, 4) is 5.75 Å². The van der Waals surface area contributed by atoms with Gasteiger partial charge < -0.3 is 15.4 Å². The molecule has 2 N–H and O–H groups in total. The van der Waals surface area contributed by atoms with Gasteiger partial charge in [-0.1, -0.05) is 23.8 Å². The molecule has 0 spiro atoms. The van der Waals surface area contributed by atoms with E-state index in [0.717, 1.165) is 49.9 Å². The van der Waals surface area contributed by atoms with Gasteiger partial charge in [-0.15, -0.1) is 0 Å². The molecule has 0 bridgehead atoms. The number of piperidine rings is 1. The molecule has 1 aliphatic rings. The van der Waals surface area contributed by atoms with Gasteiger partial charge in [-0.2, -0.15) is 0 Å². The Kier molecular flexibility index (Phi) is 7.87. The van der Waals surface area contributed by atoms with Crippen LogP contribution in [0.5, 0.6) is 5.75 Å². The number of aromatic nitrogens is 1. The van der Waals surface area contributed by atoms with Crippen molar-refractivity contribution < 1.29 is 4.74 Å². The highest BCUT2D eigenvalue weighted by molar-refractivity contribution is 5.80. The van der Waals surface area contributed by atoms with Crippen LogP contribution in [0.4, 0.5) is 0 Å². The van der Waals surface area contributed by atoms with Gasteiger partial charge in [0.05, 0.1) is 12.2 Å². The first-order valence-corrected chi connectivity index (χ1v) is 10.4. The minimum absolute atomic E-state index is 0.0523. The minimum atomic E-state index is 0.0523. The first kappa shape index (κ1) is 21.1. The van der Waals surface area contributed by atoms with E-state index in [1.807, 2.05) is 31.4 Å². The minimum Gasteiger partial charge on any atom is -0.489 e. The molecule has 1 fully saturated rings. The lowest BCUT2D eigenvalue weighted by Gasteiger charge is -2.33. The van der Waals surface area contributed by atoms with Crippen LogP contribution in [0.3, 0.4) is 0 Å². The quantitative estimate of drug-likeness (QED) is 0.557. The number of benzene rings is 1. The molecule has 0 amide bonds. The second kappa shape index (κ2) is 10.8. The number of guanidine groups is 1. The van der Waals surface area contributed by atoms with Gasteiger partial charge in [-0.3, -0.25) is 14.9 Å². The topological polar surface area (TPSA) is 61.8 Å². The van der Waals surface area contributed by atoms with Gasteiger partial charge >= 0.3 is 0 Å². The van der Waals surface area contributed by atoms with Crippen molar-refractivity contribution in [2.45, 2.75) is 45.4 Å². The van der Waals surface area contributed by atoms with Crippen molar-refractivity contribution in [2.75, 3.05) is 26.7 Å². The van der Waals surface area contributed by atoms with Crippen LogP contribution in [-0.2, 0) is 6.54 Å². The number of hydrogen-bond donors (Lipinski definition) is 2. The maximum Gasteiger partial charge on any atom is 0.191 e. The van der Waals surface area contributed by atoms with Crippen LogP contribution in [0.1, 0.15) is 31.0 Å². The summed E-state index contributed by atoms with van der Waals surface area (Å²) in [6.45, 7) is 7.90. The van der Waals surface area contributed by atoms with Gasteiger partial charge in [0.1, 0.15) is 11.9 Å². The molecule has 0 aliphatic carbocycles. The van der Waals surface area contributed by atoms with Crippen LogP contribution in [0.2, 0.25) is 0 Å². The molecular formula is C23H33N5O. The van der Waals surface area contributed by atoms with Crippen LogP contribution in [0.15, 0.2) is 53.7 Å². The largest absolute Gasteiger partial charge is 0.489 e. The molecule has 1 aliphatic heterocycles. The number of aliphatic imine (C=N–C) groups is 1. The van der Waals surface area contributed by atoms with Crippen LogP contribution in [-0.4, -0.2) is 54.7 Å². The molecule has 6 heteroatoms. The summed E-state index contributed by atoms with van der Waals surface area (Å²) in [5.74, 6) is 1.74. The van der Waals surface area contributed by atoms with E-state index in [9.17, 15) is 0 Å². The summed E-state index contributed by atoms with van der Waals surface area (Å²) in [5, 5.41) is 6.95. The maximum absolute atomic E-state index is 5.97. The molecular weight excluding hydrogens is 362 g/mol. The fourth-order valence-electron chi connectivity index (χ4n) is 3.48. The Morgan fingerprint density at radius 1 is 1.21 bits per heavy atom. The van der Waals surface area contributed by atoms with E-state index in [1.165, 1.54) is 5.56 Å². The third-order valence-corrected chi connectivity index (χ3v) is 5.18. The number of pyridine rings is 1. The molecule has 29 heavy (non-hydrogen) atoms. The van der Waals surface area contributed by atoms with Crippen molar-refractivity contribution in [3.05, 3.63) is 59.9 Å². The molecule has 1 aromatic heterocycles. The first-order valence-electron chi connectivity index (χ1n) is 10.4. The summed E-state index contributed by atoms with van der Waals surface area (Å²) < 4.78 is 5.97. The SMILES string of the molecule is CN=C(NCC(C)Oc1ccc(C)cc1)NC1CCN(Cc2ccccn2)CC1. The number of likely N-dealkylation sites (tertiary alicyclic amines) is 1.